The Morgan fingerprint density at radius 3 is 2.92 bits per heavy atom. The van der Waals surface area contributed by atoms with Crippen molar-refractivity contribution in [1.29, 1.82) is 0 Å². The largest absolute Gasteiger partial charge is 0.441 e. The number of amides is 1. The number of aryl methyl sites for hydroxylation is 1. The first-order valence-corrected chi connectivity index (χ1v) is 8.39. The molecule has 1 amide bonds. The summed E-state index contributed by atoms with van der Waals surface area (Å²) in [6.45, 7) is 2.69. The van der Waals surface area contributed by atoms with Crippen LogP contribution >= 0.6 is 0 Å². The van der Waals surface area contributed by atoms with Gasteiger partial charge < -0.3 is 13.9 Å². The molecule has 3 aromatic heterocycles. The highest BCUT2D eigenvalue weighted by atomic mass is 16.4. The maximum Gasteiger partial charge on any atom is 0.270 e. The van der Waals surface area contributed by atoms with Gasteiger partial charge in [-0.15, -0.1) is 0 Å². The van der Waals surface area contributed by atoms with Gasteiger partial charge in [0.2, 0.25) is 5.89 Å². The normalized spacial score (nSPS) is 13.5. The molecule has 1 aliphatic heterocycles. The predicted octanol–water partition coefficient (Wildman–Crippen LogP) is 1.94. The summed E-state index contributed by atoms with van der Waals surface area (Å²) in [5.74, 6) is 1.14. The van der Waals surface area contributed by atoms with E-state index in [1.165, 1.54) is 12.1 Å². The van der Waals surface area contributed by atoms with Crippen molar-refractivity contribution >= 4 is 5.91 Å². The number of carbonyl (C=O) groups excluding carboxylic acids is 1. The minimum atomic E-state index is -0.176. The molecule has 0 atom stereocenters. The number of hydrogen-bond acceptors (Lipinski definition) is 5. The van der Waals surface area contributed by atoms with Gasteiger partial charge in [0.15, 0.2) is 5.43 Å². The average Bonchev–Trinajstić information content (AvgIpc) is 3.08. The molecular weight excluding hydrogens is 332 g/mol. The van der Waals surface area contributed by atoms with Crippen molar-refractivity contribution in [3.8, 4) is 11.5 Å². The van der Waals surface area contributed by atoms with Crippen LogP contribution in [0.15, 0.2) is 45.9 Å². The predicted molar refractivity (Wildman–Crippen MR) is 94.6 cm³/mol. The zero-order chi connectivity index (χ0) is 18.3. The Hall–Kier alpha value is -3.22. The first-order chi connectivity index (χ1) is 12.5. The van der Waals surface area contributed by atoms with Crippen molar-refractivity contribution < 1.29 is 9.21 Å². The molecule has 0 spiro atoms. The van der Waals surface area contributed by atoms with E-state index in [-0.39, 0.29) is 11.3 Å². The molecule has 0 aliphatic carbocycles. The van der Waals surface area contributed by atoms with Crippen LogP contribution in [0.4, 0.5) is 0 Å². The Morgan fingerprint density at radius 2 is 2.15 bits per heavy atom. The summed E-state index contributed by atoms with van der Waals surface area (Å²) in [5, 5.41) is 0. The van der Waals surface area contributed by atoms with Gasteiger partial charge >= 0.3 is 0 Å². The summed E-state index contributed by atoms with van der Waals surface area (Å²) in [6.07, 6.45) is 3.98. The van der Waals surface area contributed by atoms with Crippen molar-refractivity contribution in [2.24, 2.45) is 7.05 Å². The lowest BCUT2D eigenvalue weighted by Gasteiger charge is -2.26. The summed E-state index contributed by atoms with van der Waals surface area (Å²) in [6, 6.07) is 6.61. The topological polar surface area (TPSA) is 81.2 Å². The third-order valence-corrected chi connectivity index (χ3v) is 4.66. The fourth-order valence-electron chi connectivity index (χ4n) is 3.12. The van der Waals surface area contributed by atoms with Crippen molar-refractivity contribution in [3.05, 3.63) is 69.7 Å². The number of rotatable bonds is 2. The average molecular weight is 350 g/mol. The summed E-state index contributed by atoms with van der Waals surface area (Å²) in [5.41, 5.74) is 2.53. The Balaban J connectivity index is 1.62. The molecule has 0 fully saturated rings. The zero-order valence-electron chi connectivity index (χ0n) is 14.6. The molecule has 0 radical (unpaired) electrons. The second kappa shape index (κ2) is 6.25. The third kappa shape index (κ3) is 2.81. The van der Waals surface area contributed by atoms with Gasteiger partial charge in [-0.05, 0) is 19.1 Å². The van der Waals surface area contributed by atoms with E-state index in [0.29, 0.717) is 31.1 Å². The van der Waals surface area contributed by atoms with E-state index in [1.807, 2.05) is 19.1 Å². The van der Waals surface area contributed by atoms with Gasteiger partial charge in [-0.1, -0.05) is 0 Å². The fourth-order valence-corrected chi connectivity index (χ4v) is 3.12. The minimum absolute atomic E-state index is 0.165. The van der Waals surface area contributed by atoms with Gasteiger partial charge in [-0.3, -0.25) is 14.6 Å². The van der Waals surface area contributed by atoms with Crippen molar-refractivity contribution in [2.75, 3.05) is 6.54 Å². The van der Waals surface area contributed by atoms with Crippen LogP contribution in [0.2, 0.25) is 0 Å². The second-order valence-corrected chi connectivity index (χ2v) is 6.38. The SMILES string of the molecule is Cc1cc(=O)cc(C(=O)N2CCc3oc(-c4cccnc4)nc3C2)n1C. The maximum atomic E-state index is 12.9. The summed E-state index contributed by atoms with van der Waals surface area (Å²) in [7, 11) is 1.79. The Kier molecular flexibility index (Phi) is 3.91. The van der Waals surface area contributed by atoms with Crippen LogP contribution < -0.4 is 5.43 Å². The Labute approximate surface area is 149 Å². The molecule has 0 N–H and O–H groups in total. The second-order valence-electron chi connectivity index (χ2n) is 6.38. The van der Waals surface area contributed by atoms with Crippen molar-refractivity contribution in [2.45, 2.75) is 19.9 Å². The number of aromatic nitrogens is 3. The zero-order valence-corrected chi connectivity index (χ0v) is 14.6. The van der Waals surface area contributed by atoms with Gasteiger partial charge in [-0.2, -0.15) is 0 Å². The van der Waals surface area contributed by atoms with Crippen molar-refractivity contribution in [3.63, 3.8) is 0 Å². The molecule has 0 bridgehead atoms. The van der Waals surface area contributed by atoms with E-state index >= 15 is 0 Å². The van der Waals surface area contributed by atoms with Gasteiger partial charge in [0.25, 0.3) is 5.91 Å². The summed E-state index contributed by atoms with van der Waals surface area (Å²) in [4.78, 5) is 35.0. The van der Waals surface area contributed by atoms with E-state index in [1.54, 1.807) is 28.9 Å². The highest BCUT2D eigenvalue weighted by Gasteiger charge is 2.27. The monoisotopic (exact) mass is 350 g/mol. The fraction of sp³-hybridized carbons (Fsp3) is 0.263. The highest BCUT2D eigenvalue weighted by molar-refractivity contribution is 5.92. The van der Waals surface area contributed by atoms with Crippen LogP contribution in [-0.4, -0.2) is 31.9 Å². The molecule has 4 rings (SSSR count). The minimum Gasteiger partial charge on any atom is -0.441 e. The van der Waals surface area contributed by atoms with E-state index in [9.17, 15) is 9.59 Å². The molecular formula is C19H18N4O3. The molecule has 0 saturated heterocycles. The number of pyridine rings is 2. The molecule has 0 unspecified atom stereocenters. The van der Waals surface area contributed by atoms with E-state index in [2.05, 4.69) is 9.97 Å². The third-order valence-electron chi connectivity index (χ3n) is 4.66. The maximum absolute atomic E-state index is 12.9. The van der Waals surface area contributed by atoms with E-state index < -0.39 is 0 Å². The molecule has 1 aliphatic rings. The quantitative estimate of drug-likeness (QED) is 0.705. The molecule has 132 valence electrons. The molecule has 7 nitrogen and oxygen atoms in total. The lowest BCUT2D eigenvalue weighted by Crippen LogP contribution is -2.37. The molecule has 0 saturated carbocycles. The Morgan fingerprint density at radius 1 is 1.31 bits per heavy atom. The molecule has 7 heteroatoms. The number of fused-ring (bicyclic) bond motifs is 1. The number of hydrogen-bond donors (Lipinski definition) is 0. The smallest absolute Gasteiger partial charge is 0.270 e. The lowest BCUT2D eigenvalue weighted by atomic mass is 10.1. The van der Waals surface area contributed by atoms with Gasteiger partial charge in [-0.25, -0.2) is 4.98 Å². The van der Waals surface area contributed by atoms with Crippen LogP contribution in [0.5, 0.6) is 0 Å². The van der Waals surface area contributed by atoms with Crippen LogP contribution in [0.25, 0.3) is 11.5 Å². The van der Waals surface area contributed by atoms with Gasteiger partial charge in [0.05, 0.1) is 12.1 Å². The number of oxazole rings is 1. The van der Waals surface area contributed by atoms with Crippen LogP contribution in [-0.2, 0) is 20.0 Å². The molecule has 4 heterocycles. The number of carbonyl (C=O) groups is 1. The summed E-state index contributed by atoms with van der Waals surface area (Å²) >= 11 is 0. The standard InChI is InChI=1S/C19H18N4O3/c1-12-8-14(24)9-16(22(12)2)19(25)23-7-5-17-15(11-23)21-18(26-17)13-4-3-6-20-10-13/h3-4,6,8-10H,5,7,11H2,1-2H3. The Bertz CT molecular complexity index is 1040. The highest BCUT2D eigenvalue weighted by Crippen LogP contribution is 2.26. The molecule has 3 aromatic rings. The lowest BCUT2D eigenvalue weighted by molar-refractivity contribution is 0.0716. The van der Waals surface area contributed by atoms with Crippen LogP contribution in [0, 0.1) is 6.92 Å². The first kappa shape index (κ1) is 16.3. The number of nitrogens with zero attached hydrogens (tertiary/aromatic N) is 4. The molecule has 0 aromatic carbocycles. The van der Waals surface area contributed by atoms with Gasteiger partial charge in [0, 0.05) is 50.2 Å². The molecule has 26 heavy (non-hydrogen) atoms. The summed E-state index contributed by atoms with van der Waals surface area (Å²) < 4.78 is 7.58. The van der Waals surface area contributed by atoms with E-state index in [0.717, 1.165) is 22.7 Å². The van der Waals surface area contributed by atoms with Gasteiger partial charge in [0.1, 0.15) is 17.1 Å². The van der Waals surface area contributed by atoms with Crippen LogP contribution in [0.3, 0.4) is 0 Å². The van der Waals surface area contributed by atoms with E-state index in [4.69, 9.17) is 4.42 Å². The first-order valence-electron chi connectivity index (χ1n) is 8.39. The van der Waals surface area contributed by atoms with Crippen molar-refractivity contribution in [1.82, 2.24) is 19.4 Å². The van der Waals surface area contributed by atoms with Crippen LogP contribution in [0.1, 0.15) is 27.6 Å².